The number of esters is 2. The van der Waals surface area contributed by atoms with Gasteiger partial charge < -0.3 is 29.0 Å². The van der Waals surface area contributed by atoms with Gasteiger partial charge in [-0.3, -0.25) is 14.4 Å². The highest BCUT2D eigenvalue weighted by Crippen LogP contribution is 2.39. The Bertz CT molecular complexity index is 520. The molecule has 2 saturated heterocycles. The van der Waals surface area contributed by atoms with Crippen molar-refractivity contribution in [3.63, 3.8) is 0 Å². The molecule has 2 heterocycles. The van der Waals surface area contributed by atoms with Gasteiger partial charge in [-0.15, -0.1) is 0 Å². The van der Waals surface area contributed by atoms with Crippen LogP contribution in [0.1, 0.15) is 34.1 Å². The van der Waals surface area contributed by atoms with Gasteiger partial charge in [-0.2, -0.15) is 0 Å². The minimum absolute atomic E-state index is 0.209. The van der Waals surface area contributed by atoms with Crippen molar-refractivity contribution >= 4 is 17.8 Å². The van der Waals surface area contributed by atoms with E-state index in [1.165, 1.54) is 21.0 Å². The SMILES string of the molecule is COC(=O)C[C@H](OC(C)=O)[C@H]1O[C@@H]2OC(C)(C)O[C@@H]2[C@H]1NC(C)=O. The zero-order chi connectivity index (χ0) is 18.1. The molecule has 0 unspecified atom stereocenters. The van der Waals surface area contributed by atoms with Gasteiger partial charge in [0, 0.05) is 13.8 Å². The summed E-state index contributed by atoms with van der Waals surface area (Å²) in [5.41, 5.74) is 0. The van der Waals surface area contributed by atoms with E-state index in [1.54, 1.807) is 13.8 Å². The molecule has 0 spiro atoms. The number of rotatable bonds is 5. The van der Waals surface area contributed by atoms with Gasteiger partial charge in [0.25, 0.3) is 0 Å². The summed E-state index contributed by atoms with van der Waals surface area (Å²) in [6.07, 6.45) is -3.27. The molecule has 2 fully saturated rings. The van der Waals surface area contributed by atoms with Crippen LogP contribution in [0, 0.1) is 0 Å². The van der Waals surface area contributed by atoms with Gasteiger partial charge in [0.1, 0.15) is 18.3 Å². The van der Waals surface area contributed by atoms with E-state index in [4.69, 9.17) is 18.9 Å². The second kappa shape index (κ2) is 7.04. The molecule has 9 nitrogen and oxygen atoms in total. The summed E-state index contributed by atoms with van der Waals surface area (Å²) in [5.74, 6) is -2.31. The summed E-state index contributed by atoms with van der Waals surface area (Å²) in [4.78, 5) is 34.6. The Hall–Kier alpha value is -1.71. The molecule has 1 N–H and O–H groups in total. The van der Waals surface area contributed by atoms with Gasteiger partial charge in [-0.1, -0.05) is 0 Å². The monoisotopic (exact) mass is 345 g/mol. The molecule has 0 radical (unpaired) electrons. The first-order valence-corrected chi connectivity index (χ1v) is 7.65. The molecule has 136 valence electrons. The molecule has 1 amide bonds. The molecule has 0 aromatic rings. The van der Waals surface area contributed by atoms with Crippen LogP contribution < -0.4 is 5.32 Å². The minimum Gasteiger partial charge on any atom is -0.469 e. The van der Waals surface area contributed by atoms with Gasteiger partial charge in [0.05, 0.1) is 19.6 Å². The first kappa shape index (κ1) is 18.6. The lowest BCUT2D eigenvalue weighted by Crippen LogP contribution is -2.52. The third-order valence-corrected chi connectivity index (χ3v) is 3.74. The van der Waals surface area contributed by atoms with Crippen LogP contribution in [0.2, 0.25) is 0 Å². The summed E-state index contributed by atoms with van der Waals surface area (Å²) in [6, 6.07) is -0.636. The largest absolute Gasteiger partial charge is 0.469 e. The molecule has 2 rings (SSSR count). The number of fused-ring (bicyclic) bond motifs is 1. The van der Waals surface area contributed by atoms with Crippen LogP contribution in [0.3, 0.4) is 0 Å². The normalized spacial score (nSPS) is 31.9. The first-order chi connectivity index (χ1) is 11.1. The van der Waals surface area contributed by atoms with Crippen LogP contribution in [0.4, 0.5) is 0 Å². The number of carbonyl (C=O) groups is 3. The Morgan fingerprint density at radius 2 is 1.88 bits per heavy atom. The maximum absolute atomic E-state index is 11.6. The molecule has 2 aliphatic heterocycles. The highest BCUT2D eigenvalue weighted by molar-refractivity contribution is 5.74. The second-order valence-electron chi connectivity index (χ2n) is 6.22. The van der Waals surface area contributed by atoms with E-state index in [-0.39, 0.29) is 12.3 Å². The van der Waals surface area contributed by atoms with E-state index >= 15 is 0 Å². The molecular formula is C15H23NO8. The Kier molecular flexibility index (Phi) is 5.46. The zero-order valence-corrected chi connectivity index (χ0v) is 14.4. The highest BCUT2D eigenvalue weighted by Gasteiger charge is 2.57. The average molecular weight is 345 g/mol. The van der Waals surface area contributed by atoms with Crippen molar-refractivity contribution in [2.75, 3.05) is 7.11 Å². The summed E-state index contributed by atoms with van der Waals surface area (Å²) < 4.78 is 27.1. The van der Waals surface area contributed by atoms with Crippen LogP contribution in [0.15, 0.2) is 0 Å². The van der Waals surface area contributed by atoms with Gasteiger partial charge in [0.2, 0.25) is 5.91 Å². The van der Waals surface area contributed by atoms with Crippen molar-refractivity contribution in [1.29, 1.82) is 0 Å². The first-order valence-electron chi connectivity index (χ1n) is 7.65. The fraction of sp³-hybridized carbons (Fsp3) is 0.800. The molecule has 2 aliphatic rings. The molecular weight excluding hydrogens is 322 g/mol. The van der Waals surface area contributed by atoms with Gasteiger partial charge in [-0.05, 0) is 13.8 Å². The number of methoxy groups -OCH3 is 1. The lowest BCUT2D eigenvalue weighted by Gasteiger charge is -2.30. The van der Waals surface area contributed by atoms with Crippen molar-refractivity contribution < 1.29 is 38.1 Å². The highest BCUT2D eigenvalue weighted by atomic mass is 16.8. The van der Waals surface area contributed by atoms with Crippen LogP contribution in [-0.4, -0.2) is 61.4 Å². The maximum Gasteiger partial charge on any atom is 0.309 e. The number of hydrogen-bond donors (Lipinski definition) is 1. The molecule has 5 atom stereocenters. The lowest BCUT2D eigenvalue weighted by molar-refractivity contribution is -0.221. The lowest BCUT2D eigenvalue weighted by atomic mass is 10.00. The Labute approximate surface area is 139 Å². The Morgan fingerprint density at radius 1 is 1.21 bits per heavy atom. The van der Waals surface area contributed by atoms with Crippen molar-refractivity contribution in [2.45, 2.75) is 70.5 Å². The standard InChI is InChI=1S/C15H23NO8/c1-7(17)16-11-12(9(21-8(2)18)6-10(19)20-5)22-14-13(11)23-15(3,4)24-14/h9,11-14H,6H2,1-5H3,(H,16,17)/t9-,11-,12+,13+,14+/m0/s1. The van der Waals surface area contributed by atoms with E-state index in [0.29, 0.717) is 0 Å². The number of nitrogens with one attached hydrogen (secondary N) is 1. The van der Waals surface area contributed by atoms with Crippen LogP contribution in [0.25, 0.3) is 0 Å². The van der Waals surface area contributed by atoms with E-state index in [1.807, 2.05) is 0 Å². The number of carbonyl (C=O) groups excluding carboxylic acids is 3. The molecule has 0 saturated carbocycles. The number of amides is 1. The fourth-order valence-corrected chi connectivity index (χ4v) is 2.94. The minimum atomic E-state index is -0.937. The van der Waals surface area contributed by atoms with Crippen LogP contribution >= 0.6 is 0 Å². The van der Waals surface area contributed by atoms with Crippen molar-refractivity contribution in [3.05, 3.63) is 0 Å². The second-order valence-corrected chi connectivity index (χ2v) is 6.22. The smallest absolute Gasteiger partial charge is 0.309 e. The summed E-state index contributed by atoms with van der Waals surface area (Å²) in [5, 5.41) is 2.73. The van der Waals surface area contributed by atoms with Gasteiger partial charge >= 0.3 is 11.9 Å². The third kappa shape index (κ3) is 4.22. The molecule has 0 aliphatic carbocycles. The third-order valence-electron chi connectivity index (χ3n) is 3.74. The average Bonchev–Trinajstić information content (AvgIpc) is 2.90. The maximum atomic E-state index is 11.6. The van der Waals surface area contributed by atoms with Crippen molar-refractivity contribution in [1.82, 2.24) is 5.32 Å². The van der Waals surface area contributed by atoms with Gasteiger partial charge in [-0.25, -0.2) is 0 Å². The summed E-state index contributed by atoms with van der Waals surface area (Å²) >= 11 is 0. The van der Waals surface area contributed by atoms with E-state index in [2.05, 4.69) is 10.1 Å². The van der Waals surface area contributed by atoms with Crippen LogP contribution in [0.5, 0.6) is 0 Å². The van der Waals surface area contributed by atoms with Crippen molar-refractivity contribution in [2.24, 2.45) is 0 Å². The molecule has 24 heavy (non-hydrogen) atoms. The quantitative estimate of drug-likeness (QED) is 0.686. The van der Waals surface area contributed by atoms with E-state index in [9.17, 15) is 14.4 Å². The van der Waals surface area contributed by atoms with Gasteiger partial charge in [0.15, 0.2) is 12.1 Å². The van der Waals surface area contributed by atoms with Crippen LogP contribution in [-0.2, 0) is 38.1 Å². The summed E-state index contributed by atoms with van der Waals surface area (Å²) in [7, 11) is 1.23. The summed E-state index contributed by atoms with van der Waals surface area (Å²) in [6.45, 7) is 6.04. The van der Waals surface area contributed by atoms with E-state index < -0.39 is 48.4 Å². The number of hydrogen-bond acceptors (Lipinski definition) is 8. The topological polar surface area (TPSA) is 109 Å². The molecule has 9 heteroatoms. The molecule has 0 aromatic carbocycles. The van der Waals surface area contributed by atoms with Crippen molar-refractivity contribution in [3.8, 4) is 0 Å². The predicted molar refractivity (Wildman–Crippen MR) is 78.5 cm³/mol. The molecule has 0 bridgehead atoms. The molecule has 0 aromatic heterocycles. The fourth-order valence-electron chi connectivity index (χ4n) is 2.94. The predicted octanol–water partition coefficient (Wildman–Crippen LogP) is -0.138. The Balaban J connectivity index is 2.22. The van der Waals surface area contributed by atoms with E-state index in [0.717, 1.165) is 0 Å². The zero-order valence-electron chi connectivity index (χ0n) is 14.4. The Morgan fingerprint density at radius 3 is 2.42 bits per heavy atom. The number of ether oxygens (including phenoxy) is 5.